The van der Waals surface area contributed by atoms with E-state index in [1.807, 2.05) is 29.6 Å². The van der Waals surface area contributed by atoms with Crippen molar-refractivity contribution in [2.24, 2.45) is 5.92 Å². The number of anilines is 1. The van der Waals surface area contributed by atoms with E-state index >= 15 is 0 Å². The minimum Gasteiger partial charge on any atom is -0.497 e. The molecule has 1 saturated heterocycles. The molecule has 1 amide bonds. The normalized spacial score (nSPS) is 14.6. The summed E-state index contributed by atoms with van der Waals surface area (Å²) in [6, 6.07) is 7.44. The van der Waals surface area contributed by atoms with Crippen LogP contribution in [0.15, 0.2) is 29.6 Å². The summed E-state index contributed by atoms with van der Waals surface area (Å²) in [6.45, 7) is 3.20. The van der Waals surface area contributed by atoms with Crippen molar-refractivity contribution in [2.45, 2.75) is 19.8 Å². The predicted molar refractivity (Wildman–Crippen MR) is 104 cm³/mol. The van der Waals surface area contributed by atoms with Crippen molar-refractivity contribution >= 4 is 28.2 Å². The van der Waals surface area contributed by atoms with Gasteiger partial charge in [-0.25, -0.2) is 4.79 Å². The van der Waals surface area contributed by atoms with Gasteiger partial charge in [0.2, 0.25) is 5.91 Å². The van der Waals surface area contributed by atoms with Gasteiger partial charge in [-0.1, -0.05) is 12.1 Å². The summed E-state index contributed by atoms with van der Waals surface area (Å²) in [4.78, 5) is 25.2. The van der Waals surface area contributed by atoms with E-state index in [-0.39, 0.29) is 18.4 Å². The summed E-state index contributed by atoms with van der Waals surface area (Å²) in [7, 11) is 1.60. The Balaban J connectivity index is 1.90. The molecule has 0 spiro atoms. The van der Waals surface area contributed by atoms with E-state index < -0.39 is 5.97 Å². The maximum atomic E-state index is 12.6. The SMILES string of the molecule is CCOC(=O)c1c(-c2ccc(OC)cc2)csc1NC(=O)C1CCOCC1. The van der Waals surface area contributed by atoms with Crippen LogP contribution in [0.25, 0.3) is 11.1 Å². The van der Waals surface area contributed by atoms with E-state index in [0.717, 1.165) is 16.9 Å². The molecule has 1 N–H and O–H groups in total. The maximum Gasteiger partial charge on any atom is 0.341 e. The number of hydrogen-bond acceptors (Lipinski definition) is 6. The molecule has 1 aromatic carbocycles. The Morgan fingerprint density at radius 3 is 2.56 bits per heavy atom. The second kappa shape index (κ2) is 9.01. The van der Waals surface area contributed by atoms with Gasteiger partial charge in [-0.05, 0) is 37.5 Å². The van der Waals surface area contributed by atoms with Crippen LogP contribution in [0.1, 0.15) is 30.1 Å². The van der Waals surface area contributed by atoms with Crippen molar-refractivity contribution in [3.8, 4) is 16.9 Å². The van der Waals surface area contributed by atoms with Gasteiger partial charge in [0, 0.05) is 30.1 Å². The topological polar surface area (TPSA) is 73.9 Å². The van der Waals surface area contributed by atoms with E-state index in [1.54, 1.807) is 14.0 Å². The van der Waals surface area contributed by atoms with Gasteiger partial charge in [-0.15, -0.1) is 11.3 Å². The summed E-state index contributed by atoms with van der Waals surface area (Å²) in [5.74, 6) is 0.124. The molecule has 0 unspecified atom stereocenters. The molecular formula is C20H23NO5S. The number of carbonyl (C=O) groups excluding carboxylic acids is 2. The molecular weight excluding hydrogens is 366 g/mol. The van der Waals surface area contributed by atoms with Crippen LogP contribution in [0.2, 0.25) is 0 Å². The molecule has 2 aromatic rings. The summed E-state index contributed by atoms with van der Waals surface area (Å²) in [6.07, 6.45) is 1.38. The van der Waals surface area contributed by atoms with E-state index in [2.05, 4.69) is 5.32 Å². The predicted octanol–water partition coefficient (Wildman–Crippen LogP) is 3.97. The van der Waals surface area contributed by atoms with Crippen LogP contribution in [0.4, 0.5) is 5.00 Å². The van der Waals surface area contributed by atoms with E-state index in [1.165, 1.54) is 11.3 Å². The van der Waals surface area contributed by atoms with Crippen LogP contribution < -0.4 is 10.1 Å². The monoisotopic (exact) mass is 389 g/mol. The highest BCUT2D eigenvalue weighted by Gasteiger charge is 2.26. The number of carbonyl (C=O) groups is 2. The third kappa shape index (κ3) is 4.48. The molecule has 1 aliphatic heterocycles. The van der Waals surface area contributed by atoms with Gasteiger partial charge >= 0.3 is 5.97 Å². The lowest BCUT2D eigenvalue weighted by atomic mass is 9.99. The Labute approximate surface area is 162 Å². The van der Waals surface area contributed by atoms with Gasteiger partial charge in [-0.3, -0.25) is 4.79 Å². The summed E-state index contributed by atoms with van der Waals surface area (Å²) in [5.41, 5.74) is 2.00. The van der Waals surface area contributed by atoms with Gasteiger partial charge in [0.25, 0.3) is 0 Å². The average Bonchev–Trinajstić information content (AvgIpc) is 3.12. The number of rotatable bonds is 6. The zero-order valence-electron chi connectivity index (χ0n) is 15.4. The molecule has 27 heavy (non-hydrogen) atoms. The minimum absolute atomic E-state index is 0.0769. The second-order valence-electron chi connectivity index (χ2n) is 6.18. The molecule has 0 saturated carbocycles. The number of ether oxygens (including phenoxy) is 3. The first kappa shape index (κ1) is 19.4. The number of amides is 1. The Hall–Kier alpha value is -2.38. The third-order valence-electron chi connectivity index (χ3n) is 4.50. The van der Waals surface area contributed by atoms with Crippen LogP contribution in [0.5, 0.6) is 5.75 Å². The molecule has 0 radical (unpaired) electrons. The Morgan fingerprint density at radius 2 is 1.93 bits per heavy atom. The fraction of sp³-hybridized carbons (Fsp3) is 0.400. The number of nitrogens with one attached hydrogen (secondary N) is 1. The number of hydrogen-bond donors (Lipinski definition) is 1. The minimum atomic E-state index is -0.438. The second-order valence-corrected chi connectivity index (χ2v) is 7.06. The van der Waals surface area contributed by atoms with Crippen molar-refractivity contribution in [1.82, 2.24) is 0 Å². The van der Waals surface area contributed by atoms with Gasteiger partial charge in [0.05, 0.1) is 13.7 Å². The van der Waals surface area contributed by atoms with Crippen molar-refractivity contribution in [2.75, 3.05) is 32.2 Å². The summed E-state index contributed by atoms with van der Waals surface area (Å²) in [5, 5.41) is 5.32. The zero-order chi connectivity index (χ0) is 19.2. The van der Waals surface area contributed by atoms with Gasteiger partial charge < -0.3 is 19.5 Å². The molecule has 7 heteroatoms. The molecule has 3 rings (SSSR count). The average molecular weight is 389 g/mol. The molecule has 0 aliphatic carbocycles. The standard InChI is InChI=1S/C20H23NO5S/c1-3-26-20(23)17-16(13-4-6-15(24-2)7-5-13)12-27-19(17)21-18(22)14-8-10-25-11-9-14/h4-7,12,14H,3,8-11H2,1-2H3,(H,21,22). The quantitative estimate of drug-likeness (QED) is 0.757. The van der Waals surface area contributed by atoms with Crippen LogP contribution in [0.3, 0.4) is 0 Å². The third-order valence-corrected chi connectivity index (χ3v) is 5.40. The molecule has 144 valence electrons. The highest BCUT2D eigenvalue weighted by atomic mass is 32.1. The van der Waals surface area contributed by atoms with Crippen molar-refractivity contribution in [3.63, 3.8) is 0 Å². The van der Waals surface area contributed by atoms with Crippen LogP contribution in [-0.4, -0.2) is 38.8 Å². The first-order valence-electron chi connectivity index (χ1n) is 8.95. The number of thiophene rings is 1. The van der Waals surface area contributed by atoms with Gasteiger partial charge in [0.15, 0.2) is 0 Å². The number of benzene rings is 1. The molecule has 0 bridgehead atoms. The fourth-order valence-corrected chi connectivity index (χ4v) is 3.97. The smallest absolute Gasteiger partial charge is 0.341 e. The molecule has 1 aromatic heterocycles. The largest absolute Gasteiger partial charge is 0.497 e. The van der Waals surface area contributed by atoms with Crippen molar-refractivity contribution < 1.29 is 23.8 Å². The van der Waals surface area contributed by atoms with Crippen molar-refractivity contribution in [1.29, 1.82) is 0 Å². The summed E-state index contributed by atoms with van der Waals surface area (Å²) >= 11 is 1.33. The van der Waals surface area contributed by atoms with Gasteiger partial charge in [-0.2, -0.15) is 0 Å². The first-order valence-corrected chi connectivity index (χ1v) is 9.83. The van der Waals surface area contributed by atoms with Crippen LogP contribution in [0, 0.1) is 5.92 Å². The number of methoxy groups -OCH3 is 1. The van der Waals surface area contributed by atoms with Crippen molar-refractivity contribution in [3.05, 3.63) is 35.2 Å². The zero-order valence-corrected chi connectivity index (χ0v) is 16.3. The lowest BCUT2D eigenvalue weighted by Crippen LogP contribution is -2.28. The van der Waals surface area contributed by atoms with Crippen LogP contribution >= 0.6 is 11.3 Å². The first-order chi connectivity index (χ1) is 13.1. The molecule has 2 heterocycles. The lowest BCUT2D eigenvalue weighted by molar-refractivity contribution is -0.122. The highest BCUT2D eigenvalue weighted by molar-refractivity contribution is 7.15. The lowest BCUT2D eigenvalue weighted by Gasteiger charge is -2.21. The highest BCUT2D eigenvalue weighted by Crippen LogP contribution is 2.37. The van der Waals surface area contributed by atoms with Crippen LogP contribution in [-0.2, 0) is 14.3 Å². The Bertz CT molecular complexity index is 793. The molecule has 1 fully saturated rings. The molecule has 0 atom stereocenters. The van der Waals surface area contributed by atoms with E-state index in [0.29, 0.717) is 36.6 Å². The maximum absolute atomic E-state index is 12.6. The Morgan fingerprint density at radius 1 is 1.22 bits per heavy atom. The Kier molecular flexibility index (Phi) is 6.47. The molecule has 1 aliphatic rings. The molecule has 6 nitrogen and oxygen atoms in total. The van der Waals surface area contributed by atoms with Gasteiger partial charge in [0.1, 0.15) is 16.3 Å². The van der Waals surface area contributed by atoms with E-state index in [9.17, 15) is 9.59 Å². The number of esters is 1. The fourth-order valence-electron chi connectivity index (χ4n) is 3.01. The summed E-state index contributed by atoms with van der Waals surface area (Å²) < 4.78 is 15.7. The van der Waals surface area contributed by atoms with E-state index in [4.69, 9.17) is 14.2 Å².